The summed E-state index contributed by atoms with van der Waals surface area (Å²) in [5, 5.41) is 0. The Labute approximate surface area is 158 Å². The molecule has 27 heavy (non-hydrogen) atoms. The Bertz CT molecular complexity index is 864. The lowest BCUT2D eigenvalue weighted by Crippen LogP contribution is -2.47. The standard InChI is InChI=1S/C19H21FN2O4S/c20-15-6-8-17(9-7-15)26-14-19(23)22-12-10-16(11-13-22)21-27(24,25)18-4-2-1-3-5-18/h1-9,16,21H,10-14H2. The maximum absolute atomic E-state index is 12.9. The van der Waals surface area contributed by atoms with E-state index in [1.807, 2.05) is 0 Å². The Hall–Kier alpha value is -2.45. The highest BCUT2D eigenvalue weighted by atomic mass is 32.2. The SMILES string of the molecule is O=C(COc1ccc(F)cc1)N1CCC(NS(=O)(=O)c2ccccc2)CC1. The molecule has 0 spiro atoms. The van der Waals surface area contributed by atoms with Crippen LogP contribution in [0.25, 0.3) is 0 Å². The van der Waals surface area contributed by atoms with Gasteiger partial charge in [0.1, 0.15) is 11.6 Å². The van der Waals surface area contributed by atoms with Crippen LogP contribution in [0.5, 0.6) is 5.75 Å². The van der Waals surface area contributed by atoms with Crippen LogP contribution in [-0.2, 0) is 14.8 Å². The van der Waals surface area contributed by atoms with Crippen molar-refractivity contribution in [1.82, 2.24) is 9.62 Å². The number of rotatable bonds is 6. The Morgan fingerprint density at radius 3 is 2.33 bits per heavy atom. The summed E-state index contributed by atoms with van der Waals surface area (Å²) < 4.78 is 45.7. The molecule has 0 atom stereocenters. The predicted octanol–water partition coefficient (Wildman–Crippen LogP) is 2.17. The van der Waals surface area contributed by atoms with E-state index in [0.29, 0.717) is 31.7 Å². The molecule has 0 aliphatic carbocycles. The summed E-state index contributed by atoms with van der Waals surface area (Å²) in [5.41, 5.74) is 0. The molecule has 1 aliphatic heterocycles. The third-order valence-corrected chi connectivity index (χ3v) is 5.94. The van der Waals surface area contributed by atoms with E-state index in [0.717, 1.165) is 0 Å². The molecule has 6 nitrogen and oxygen atoms in total. The molecule has 0 unspecified atom stereocenters. The third-order valence-electron chi connectivity index (χ3n) is 4.40. The number of likely N-dealkylation sites (tertiary alicyclic amines) is 1. The monoisotopic (exact) mass is 392 g/mol. The summed E-state index contributed by atoms with van der Waals surface area (Å²) in [6.07, 6.45) is 1.07. The van der Waals surface area contributed by atoms with Gasteiger partial charge in [0.2, 0.25) is 10.0 Å². The van der Waals surface area contributed by atoms with E-state index in [-0.39, 0.29) is 29.3 Å². The lowest BCUT2D eigenvalue weighted by molar-refractivity contribution is -0.134. The van der Waals surface area contributed by atoms with Crippen LogP contribution in [0, 0.1) is 5.82 Å². The first kappa shape index (κ1) is 19.3. The fourth-order valence-corrected chi connectivity index (χ4v) is 4.23. The molecule has 1 saturated heterocycles. The molecule has 1 fully saturated rings. The van der Waals surface area contributed by atoms with Gasteiger partial charge in [-0.2, -0.15) is 0 Å². The fraction of sp³-hybridized carbons (Fsp3) is 0.316. The first-order valence-corrected chi connectivity index (χ1v) is 10.2. The third kappa shape index (κ3) is 5.27. The summed E-state index contributed by atoms with van der Waals surface area (Å²) in [4.78, 5) is 14.1. The Kier molecular flexibility index (Phi) is 6.08. The highest BCUT2D eigenvalue weighted by Crippen LogP contribution is 2.16. The van der Waals surface area contributed by atoms with E-state index >= 15 is 0 Å². The van der Waals surface area contributed by atoms with Gasteiger partial charge in [0.05, 0.1) is 4.90 Å². The molecule has 8 heteroatoms. The maximum atomic E-state index is 12.9. The molecular formula is C19H21FN2O4S. The quantitative estimate of drug-likeness (QED) is 0.818. The number of amides is 1. The number of ether oxygens (including phenoxy) is 1. The number of hydrogen-bond acceptors (Lipinski definition) is 4. The molecule has 1 amide bonds. The van der Waals surface area contributed by atoms with Gasteiger partial charge in [0.15, 0.2) is 6.61 Å². The van der Waals surface area contributed by atoms with Gasteiger partial charge in [-0.1, -0.05) is 18.2 Å². The molecule has 1 heterocycles. The zero-order chi connectivity index (χ0) is 19.3. The molecule has 2 aromatic carbocycles. The van der Waals surface area contributed by atoms with Crippen molar-refractivity contribution in [2.45, 2.75) is 23.8 Å². The van der Waals surface area contributed by atoms with E-state index in [4.69, 9.17) is 4.74 Å². The maximum Gasteiger partial charge on any atom is 0.260 e. The molecule has 1 N–H and O–H groups in total. The topological polar surface area (TPSA) is 75.7 Å². The highest BCUT2D eigenvalue weighted by Gasteiger charge is 2.26. The number of nitrogens with zero attached hydrogens (tertiary/aromatic N) is 1. The van der Waals surface area contributed by atoms with Crippen molar-refractivity contribution in [2.24, 2.45) is 0 Å². The smallest absolute Gasteiger partial charge is 0.260 e. The second-order valence-electron chi connectivity index (χ2n) is 6.33. The van der Waals surface area contributed by atoms with Crippen LogP contribution >= 0.6 is 0 Å². The number of carbonyl (C=O) groups excluding carboxylic acids is 1. The van der Waals surface area contributed by atoms with Gasteiger partial charge in [-0.25, -0.2) is 17.5 Å². The van der Waals surface area contributed by atoms with Gasteiger partial charge in [0.25, 0.3) is 5.91 Å². The summed E-state index contributed by atoms with van der Waals surface area (Å²) >= 11 is 0. The van der Waals surface area contributed by atoms with Gasteiger partial charge >= 0.3 is 0 Å². The molecule has 0 saturated carbocycles. The van der Waals surface area contributed by atoms with Crippen molar-refractivity contribution in [3.05, 3.63) is 60.4 Å². The van der Waals surface area contributed by atoms with Crippen LogP contribution in [0.15, 0.2) is 59.5 Å². The minimum absolute atomic E-state index is 0.133. The van der Waals surface area contributed by atoms with Gasteiger partial charge in [-0.15, -0.1) is 0 Å². The Morgan fingerprint density at radius 1 is 1.07 bits per heavy atom. The van der Waals surface area contributed by atoms with Crippen molar-refractivity contribution < 1.29 is 22.3 Å². The first-order chi connectivity index (χ1) is 12.9. The average Bonchev–Trinajstić information content (AvgIpc) is 2.68. The molecule has 144 valence electrons. The second-order valence-corrected chi connectivity index (χ2v) is 8.05. The number of halogens is 1. The van der Waals surface area contributed by atoms with Crippen LogP contribution in [-0.4, -0.2) is 45.0 Å². The summed E-state index contributed by atoms with van der Waals surface area (Å²) in [7, 11) is -3.56. The van der Waals surface area contributed by atoms with Crippen molar-refractivity contribution in [1.29, 1.82) is 0 Å². The number of nitrogens with one attached hydrogen (secondary N) is 1. The largest absolute Gasteiger partial charge is 0.484 e. The van der Waals surface area contributed by atoms with E-state index in [9.17, 15) is 17.6 Å². The molecule has 2 aromatic rings. The van der Waals surface area contributed by atoms with Gasteiger partial charge in [-0.05, 0) is 49.2 Å². The summed E-state index contributed by atoms with van der Waals surface area (Å²) in [5.74, 6) is -0.118. The molecule has 0 bridgehead atoms. The lowest BCUT2D eigenvalue weighted by atomic mass is 10.1. The van der Waals surface area contributed by atoms with Gasteiger partial charge in [0, 0.05) is 19.1 Å². The number of sulfonamides is 1. The molecular weight excluding hydrogens is 371 g/mol. The number of piperidine rings is 1. The van der Waals surface area contributed by atoms with Crippen molar-refractivity contribution in [3.63, 3.8) is 0 Å². The van der Waals surface area contributed by atoms with Crippen molar-refractivity contribution in [3.8, 4) is 5.75 Å². The van der Waals surface area contributed by atoms with Crippen LogP contribution in [0.2, 0.25) is 0 Å². The number of hydrogen-bond donors (Lipinski definition) is 1. The lowest BCUT2D eigenvalue weighted by Gasteiger charge is -2.32. The van der Waals surface area contributed by atoms with E-state index < -0.39 is 10.0 Å². The number of carbonyl (C=O) groups is 1. The van der Waals surface area contributed by atoms with Crippen molar-refractivity contribution >= 4 is 15.9 Å². The van der Waals surface area contributed by atoms with Crippen LogP contribution in [0.3, 0.4) is 0 Å². The van der Waals surface area contributed by atoms with E-state index in [2.05, 4.69) is 4.72 Å². The average molecular weight is 392 g/mol. The van der Waals surface area contributed by atoms with Crippen molar-refractivity contribution in [2.75, 3.05) is 19.7 Å². The Balaban J connectivity index is 1.47. The second kappa shape index (κ2) is 8.49. The van der Waals surface area contributed by atoms with Gasteiger partial charge < -0.3 is 9.64 Å². The van der Waals surface area contributed by atoms with Gasteiger partial charge in [-0.3, -0.25) is 4.79 Å². The minimum atomic E-state index is -3.56. The van der Waals surface area contributed by atoms with Crippen LogP contribution < -0.4 is 9.46 Å². The number of benzene rings is 2. The Morgan fingerprint density at radius 2 is 1.70 bits per heavy atom. The zero-order valence-corrected chi connectivity index (χ0v) is 15.5. The zero-order valence-electron chi connectivity index (χ0n) is 14.7. The normalized spacial score (nSPS) is 15.5. The van der Waals surface area contributed by atoms with Crippen LogP contribution in [0.1, 0.15) is 12.8 Å². The minimum Gasteiger partial charge on any atom is -0.484 e. The molecule has 3 rings (SSSR count). The molecule has 1 aliphatic rings. The first-order valence-electron chi connectivity index (χ1n) is 8.67. The molecule has 0 aromatic heterocycles. The highest BCUT2D eigenvalue weighted by molar-refractivity contribution is 7.89. The van der Waals surface area contributed by atoms with Crippen LogP contribution in [0.4, 0.5) is 4.39 Å². The molecule has 0 radical (unpaired) electrons. The fourth-order valence-electron chi connectivity index (χ4n) is 2.90. The van der Waals surface area contributed by atoms with E-state index in [1.165, 1.54) is 24.3 Å². The summed E-state index contributed by atoms with van der Waals surface area (Å²) in [6.45, 7) is 0.771. The summed E-state index contributed by atoms with van der Waals surface area (Å²) in [6, 6.07) is 13.5. The predicted molar refractivity (Wildman–Crippen MR) is 98.3 cm³/mol. The van der Waals surface area contributed by atoms with E-state index in [1.54, 1.807) is 35.2 Å².